The summed E-state index contributed by atoms with van der Waals surface area (Å²) in [5.41, 5.74) is -0.321. The molecule has 0 aliphatic carbocycles. The Morgan fingerprint density at radius 1 is 1.11 bits per heavy atom. The fourth-order valence-corrected chi connectivity index (χ4v) is 5.28. The van der Waals surface area contributed by atoms with Crippen LogP contribution in [0.25, 0.3) is 0 Å². The molecule has 1 aliphatic heterocycles. The van der Waals surface area contributed by atoms with Crippen molar-refractivity contribution in [2.45, 2.75) is 78.3 Å². The lowest BCUT2D eigenvalue weighted by Gasteiger charge is -2.39. The predicted molar refractivity (Wildman–Crippen MR) is 149 cm³/mol. The van der Waals surface area contributed by atoms with Gasteiger partial charge in [-0.15, -0.1) is 11.8 Å². The summed E-state index contributed by atoms with van der Waals surface area (Å²) in [5, 5.41) is 12.3. The van der Waals surface area contributed by atoms with Crippen molar-refractivity contribution in [2.24, 2.45) is 11.3 Å². The number of carbonyl (C=O) groups excluding carboxylic acids is 2. The summed E-state index contributed by atoms with van der Waals surface area (Å²) in [6, 6.07) is 10.5. The van der Waals surface area contributed by atoms with E-state index in [1.54, 1.807) is 29.8 Å². The van der Waals surface area contributed by atoms with Gasteiger partial charge in [-0.1, -0.05) is 77.1 Å². The molecule has 0 spiro atoms. The van der Waals surface area contributed by atoms with Gasteiger partial charge >= 0.3 is 5.97 Å². The van der Waals surface area contributed by atoms with Crippen LogP contribution in [0.15, 0.2) is 48.0 Å². The van der Waals surface area contributed by atoms with Gasteiger partial charge in [-0.25, -0.2) is 4.79 Å². The number of hydrogen-bond acceptors (Lipinski definition) is 5. The van der Waals surface area contributed by atoms with Crippen LogP contribution in [0.2, 0.25) is 0 Å². The molecule has 0 bridgehead atoms. The molecule has 7 nitrogen and oxygen atoms in total. The highest BCUT2D eigenvalue weighted by atomic mass is 32.2. The third-order valence-corrected chi connectivity index (χ3v) is 7.79. The number of rotatable bonds is 7. The number of nitrogens with zero attached hydrogens (tertiary/aromatic N) is 2. The second kappa shape index (κ2) is 13.3. The number of carboxylic acids is 1. The molecule has 36 heavy (non-hydrogen) atoms. The van der Waals surface area contributed by atoms with Crippen LogP contribution < -0.4 is 5.32 Å². The highest BCUT2D eigenvalue weighted by molar-refractivity contribution is 8.00. The zero-order valence-electron chi connectivity index (χ0n) is 23.5. The Labute approximate surface area is 221 Å². The standard InChI is InChI=1S/C22H39N3O4S.C6H6/c1-13(2)15(11-14(3)20(28)29)25(10)19(27)16(21(4,5)6)23-18(26)17-22(7,8)30-12-24(17)9;1-2-4-6-5-3-1/h11,13,15-17H,12H2,1-10H3,(H,23,26)(H,28,29);1-6H/b14-11+;/t15-,16+,17?;/m1./s1. The summed E-state index contributed by atoms with van der Waals surface area (Å²) >= 11 is 1.72. The Hall–Kier alpha value is -2.32. The number of hydrogen-bond donors (Lipinski definition) is 2. The zero-order valence-corrected chi connectivity index (χ0v) is 24.3. The van der Waals surface area contributed by atoms with Gasteiger partial charge in [0.2, 0.25) is 11.8 Å². The molecule has 1 unspecified atom stereocenters. The highest BCUT2D eigenvalue weighted by Gasteiger charge is 2.46. The van der Waals surface area contributed by atoms with Crippen molar-refractivity contribution in [3.8, 4) is 0 Å². The summed E-state index contributed by atoms with van der Waals surface area (Å²) in [4.78, 5) is 41.6. The molecule has 2 amide bonds. The van der Waals surface area contributed by atoms with Gasteiger partial charge in [0.05, 0.1) is 6.04 Å². The molecule has 1 saturated heterocycles. The van der Waals surface area contributed by atoms with Crippen molar-refractivity contribution < 1.29 is 19.5 Å². The lowest BCUT2D eigenvalue weighted by Crippen LogP contribution is -2.60. The molecule has 2 rings (SSSR count). The monoisotopic (exact) mass is 519 g/mol. The van der Waals surface area contributed by atoms with E-state index in [0.29, 0.717) is 0 Å². The van der Waals surface area contributed by atoms with Crippen molar-refractivity contribution in [3.05, 3.63) is 48.0 Å². The topological polar surface area (TPSA) is 90.0 Å². The normalized spacial score (nSPS) is 19.6. The Morgan fingerprint density at radius 3 is 1.92 bits per heavy atom. The molecule has 202 valence electrons. The summed E-state index contributed by atoms with van der Waals surface area (Å²) in [5.74, 6) is -0.622. The van der Waals surface area contributed by atoms with Crippen molar-refractivity contribution in [1.82, 2.24) is 15.1 Å². The summed E-state index contributed by atoms with van der Waals surface area (Å²) in [6.45, 7) is 15.3. The lowest BCUT2D eigenvalue weighted by molar-refractivity contribution is -0.141. The van der Waals surface area contributed by atoms with Gasteiger partial charge in [-0.3, -0.25) is 14.5 Å². The van der Waals surface area contributed by atoms with Gasteiger partial charge in [0, 0.05) is 23.2 Å². The predicted octanol–water partition coefficient (Wildman–Crippen LogP) is 4.50. The fourth-order valence-electron chi connectivity index (χ4n) is 4.15. The van der Waals surface area contributed by atoms with E-state index in [1.807, 2.05) is 96.8 Å². The molecule has 8 heteroatoms. The summed E-state index contributed by atoms with van der Waals surface area (Å²) in [7, 11) is 3.59. The first kappa shape index (κ1) is 31.7. The van der Waals surface area contributed by atoms with Crippen LogP contribution in [0, 0.1) is 11.3 Å². The molecule has 1 aromatic rings. The largest absolute Gasteiger partial charge is 0.478 e. The fraction of sp³-hybridized carbons (Fsp3) is 0.607. The summed E-state index contributed by atoms with van der Waals surface area (Å²) < 4.78 is -0.252. The first-order chi connectivity index (χ1) is 16.5. The molecule has 2 N–H and O–H groups in total. The van der Waals surface area contributed by atoms with Crippen LogP contribution in [0.4, 0.5) is 0 Å². The van der Waals surface area contributed by atoms with E-state index in [4.69, 9.17) is 0 Å². The maximum Gasteiger partial charge on any atom is 0.331 e. The molecule has 1 aliphatic rings. The second-order valence-electron chi connectivity index (χ2n) is 11.3. The molecular weight excluding hydrogens is 474 g/mol. The minimum Gasteiger partial charge on any atom is -0.478 e. The molecule has 0 radical (unpaired) electrons. The minimum absolute atomic E-state index is 0.0147. The van der Waals surface area contributed by atoms with Gasteiger partial charge in [-0.2, -0.15) is 0 Å². The highest BCUT2D eigenvalue weighted by Crippen LogP contribution is 2.38. The Kier molecular flexibility index (Phi) is 11.7. The smallest absolute Gasteiger partial charge is 0.331 e. The number of likely N-dealkylation sites (N-methyl/N-ethyl adjacent to an activating group) is 2. The van der Waals surface area contributed by atoms with E-state index >= 15 is 0 Å². The van der Waals surface area contributed by atoms with E-state index < -0.39 is 23.5 Å². The average Bonchev–Trinajstić information content (AvgIpc) is 3.07. The quantitative estimate of drug-likeness (QED) is 0.516. The number of amides is 2. The van der Waals surface area contributed by atoms with E-state index in [0.717, 1.165) is 5.88 Å². The van der Waals surface area contributed by atoms with Crippen LogP contribution in [0.5, 0.6) is 0 Å². The van der Waals surface area contributed by atoms with Crippen LogP contribution in [0.1, 0.15) is 55.4 Å². The molecule has 1 fully saturated rings. The average molecular weight is 520 g/mol. The number of aliphatic carboxylic acids is 1. The molecular formula is C28H45N3O4S. The Bertz CT molecular complexity index is 882. The number of benzene rings is 1. The maximum atomic E-state index is 13.5. The van der Waals surface area contributed by atoms with Crippen molar-refractivity contribution >= 4 is 29.5 Å². The number of carbonyl (C=O) groups is 3. The van der Waals surface area contributed by atoms with Crippen LogP contribution >= 0.6 is 11.8 Å². The van der Waals surface area contributed by atoms with Gasteiger partial charge < -0.3 is 15.3 Å². The molecule has 1 aromatic carbocycles. The molecule has 0 saturated carbocycles. The van der Waals surface area contributed by atoms with E-state index in [9.17, 15) is 19.5 Å². The number of carboxylic acid groups (broad SMARTS) is 1. The zero-order chi connectivity index (χ0) is 27.8. The van der Waals surface area contributed by atoms with Gasteiger partial charge in [0.1, 0.15) is 12.1 Å². The van der Waals surface area contributed by atoms with Gasteiger partial charge in [0.25, 0.3) is 0 Å². The third kappa shape index (κ3) is 8.96. The summed E-state index contributed by atoms with van der Waals surface area (Å²) in [6.07, 6.45) is 1.61. The van der Waals surface area contributed by atoms with Crippen LogP contribution in [-0.2, 0) is 14.4 Å². The van der Waals surface area contributed by atoms with Gasteiger partial charge in [-0.05, 0) is 39.2 Å². The van der Waals surface area contributed by atoms with E-state index in [1.165, 1.54) is 6.92 Å². The number of thioether (sulfide) groups is 1. The Balaban J connectivity index is 0.000000936. The third-order valence-electron chi connectivity index (χ3n) is 6.29. The Morgan fingerprint density at radius 2 is 1.58 bits per heavy atom. The van der Waals surface area contributed by atoms with Crippen LogP contribution in [0.3, 0.4) is 0 Å². The van der Waals surface area contributed by atoms with Crippen molar-refractivity contribution in [1.29, 1.82) is 0 Å². The number of nitrogens with one attached hydrogen (secondary N) is 1. The van der Waals surface area contributed by atoms with Gasteiger partial charge in [0.15, 0.2) is 0 Å². The van der Waals surface area contributed by atoms with Crippen molar-refractivity contribution in [3.63, 3.8) is 0 Å². The van der Waals surface area contributed by atoms with Crippen molar-refractivity contribution in [2.75, 3.05) is 20.0 Å². The van der Waals surface area contributed by atoms with E-state index in [2.05, 4.69) is 5.32 Å². The molecule has 0 aromatic heterocycles. The van der Waals surface area contributed by atoms with Crippen LogP contribution in [-0.4, -0.2) is 75.5 Å². The second-order valence-corrected chi connectivity index (χ2v) is 12.9. The minimum atomic E-state index is -1.01. The molecule has 3 atom stereocenters. The van der Waals surface area contributed by atoms with E-state index in [-0.39, 0.29) is 34.1 Å². The molecule has 1 heterocycles. The first-order valence-electron chi connectivity index (χ1n) is 12.3. The maximum absolute atomic E-state index is 13.5. The SMILES string of the molecule is C/C(=C\[C@H](C(C)C)N(C)C(=O)[C@H](NC(=O)C1N(C)CSC1(C)C)C(C)(C)C)C(=O)O.c1ccccc1. The lowest BCUT2D eigenvalue weighted by atomic mass is 9.84. The first-order valence-corrected chi connectivity index (χ1v) is 13.3.